The SMILES string of the molecule is Cc1ccc(S(=O)(=O)N2CCN(C(=O)c3cnn(C(C)C)c3C(F)(F)F)CC2)c(C)c1. The van der Waals surface area contributed by atoms with E-state index in [0.29, 0.717) is 5.56 Å². The number of amides is 1. The highest BCUT2D eigenvalue weighted by atomic mass is 32.2. The van der Waals surface area contributed by atoms with Crippen molar-refractivity contribution in [2.24, 2.45) is 0 Å². The zero-order chi connectivity index (χ0) is 23.1. The summed E-state index contributed by atoms with van der Waals surface area (Å²) in [7, 11) is -3.76. The van der Waals surface area contributed by atoms with E-state index in [1.165, 1.54) is 9.21 Å². The van der Waals surface area contributed by atoms with Crippen molar-refractivity contribution in [2.45, 2.75) is 44.8 Å². The Labute approximate surface area is 179 Å². The molecule has 0 saturated carbocycles. The van der Waals surface area contributed by atoms with Crippen molar-refractivity contribution in [2.75, 3.05) is 26.2 Å². The molecule has 0 bridgehead atoms. The predicted molar refractivity (Wildman–Crippen MR) is 108 cm³/mol. The first-order chi connectivity index (χ1) is 14.3. The van der Waals surface area contributed by atoms with E-state index < -0.39 is 39.4 Å². The number of aromatic nitrogens is 2. The fraction of sp³-hybridized carbons (Fsp3) is 0.500. The average molecular weight is 459 g/mol. The van der Waals surface area contributed by atoms with Crippen LogP contribution < -0.4 is 0 Å². The highest BCUT2D eigenvalue weighted by molar-refractivity contribution is 7.89. The van der Waals surface area contributed by atoms with Gasteiger partial charge in [-0.2, -0.15) is 22.6 Å². The number of hydrogen-bond donors (Lipinski definition) is 0. The normalized spacial score (nSPS) is 16.2. The van der Waals surface area contributed by atoms with Crippen molar-refractivity contribution < 1.29 is 26.4 Å². The van der Waals surface area contributed by atoms with E-state index in [9.17, 15) is 26.4 Å². The first-order valence-corrected chi connectivity index (χ1v) is 11.3. The molecule has 0 radical (unpaired) electrons. The summed E-state index contributed by atoms with van der Waals surface area (Å²) >= 11 is 0. The van der Waals surface area contributed by atoms with Gasteiger partial charge >= 0.3 is 6.18 Å². The van der Waals surface area contributed by atoms with Crippen LogP contribution in [0.5, 0.6) is 0 Å². The van der Waals surface area contributed by atoms with E-state index in [1.54, 1.807) is 39.0 Å². The summed E-state index contributed by atoms with van der Waals surface area (Å²) in [6.07, 6.45) is -3.80. The summed E-state index contributed by atoms with van der Waals surface area (Å²) in [6.45, 7) is 6.66. The van der Waals surface area contributed by atoms with Crippen LogP contribution in [0.2, 0.25) is 0 Å². The van der Waals surface area contributed by atoms with Gasteiger partial charge < -0.3 is 4.90 Å². The quantitative estimate of drug-likeness (QED) is 0.705. The molecule has 0 N–H and O–H groups in total. The molecule has 0 aliphatic carbocycles. The van der Waals surface area contributed by atoms with Gasteiger partial charge in [0.25, 0.3) is 5.91 Å². The molecule has 7 nitrogen and oxygen atoms in total. The van der Waals surface area contributed by atoms with E-state index in [-0.39, 0.29) is 31.1 Å². The van der Waals surface area contributed by atoms with E-state index in [2.05, 4.69) is 5.10 Å². The van der Waals surface area contributed by atoms with Crippen LogP contribution in [0.4, 0.5) is 13.2 Å². The average Bonchev–Trinajstić information content (AvgIpc) is 3.13. The molecule has 1 amide bonds. The molecular formula is C20H25F3N4O3S. The Morgan fingerprint density at radius 3 is 2.23 bits per heavy atom. The minimum atomic E-state index is -4.74. The molecule has 2 heterocycles. The molecule has 1 aliphatic rings. The molecule has 1 fully saturated rings. The molecule has 1 saturated heterocycles. The number of rotatable bonds is 4. The fourth-order valence-corrected chi connectivity index (χ4v) is 5.35. The van der Waals surface area contributed by atoms with E-state index in [1.807, 2.05) is 6.92 Å². The molecule has 1 aromatic carbocycles. The highest BCUT2D eigenvalue weighted by Gasteiger charge is 2.42. The molecule has 2 aromatic rings. The number of piperazine rings is 1. The van der Waals surface area contributed by atoms with Crippen LogP contribution in [0.15, 0.2) is 29.3 Å². The maximum Gasteiger partial charge on any atom is 0.433 e. The number of benzene rings is 1. The third-order valence-electron chi connectivity index (χ3n) is 5.26. The third-order valence-corrected chi connectivity index (χ3v) is 7.32. The van der Waals surface area contributed by atoms with Crippen molar-refractivity contribution in [1.29, 1.82) is 0 Å². The van der Waals surface area contributed by atoms with Gasteiger partial charge in [0.2, 0.25) is 10.0 Å². The smallest absolute Gasteiger partial charge is 0.336 e. The minimum Gasteiger partial charge on any atom is -0.336 e. The minimum absolute atomic E-state index is 0.00105. The van der Waals surface area contributed by atoms with Crippen LogP contribution in [0.3, 0.4) is 0 Å². The Morgan fingerprint density at radius 1 is 1.10 bits per heavy atom. The molecule has 170 valence electrons. The van der Waals surface area contributed by atoms with Gasteiger partial charge in [-0.05, 0) is 39.3 Å². The zero-order valence-electron chi connectivity index (χ0n) is 17.8. The fourth-order valence-electron chi connectivity index (χ4n) is 3.72. The van der Waals surface area contributed by atoms with Crippen LogP contribution in [-0.2, 0) is 16.2 Å². The van der Waals surface area contributed by atoms with E-state index in [4.69, 9.17) is 0 Å². The number of hydrogen-bond acceptors (Lipinski definition) is 4. The number of nitrogens with zero attached hydrogens (tertiary/aromatic N) is 4. The number of aryl methyl sites for hydroxylation is 2. The lowest BCUT2D eigenvalue weighted by Gasteiger charge is -2.34. The van der Waals surface area contributed by atoms with Gasteiger partial charge in [0, 0.05) is 32.2 Å². The number of halogens is 3. The number of alkyl halides is 3. The summed E-state index contributed by atoms with van der Waals surface area (Å²) in [5, 5.41) is 3.75. The molecule has 0 unspecified atom stereocenters. The van der Waals surface area contributed by atoms with Crippen LogP contribution in [0.25, 0.3) is 0 Å². The Bertz CT molecular complexity index is 1090. The Hall–Kier alpha value is -2.40. The second-order valence-electron chi connectivity index (χ2n) is 7.91. The van der Waals surface area contributed by atoms with Crippen LogP contribution in [-0.4, -0.2) is 59.5 Å². The second-order valence-corrected chi connectivity index (χ2v) is 9.81. The molecule has 3 rings (SSSR count). The lowest BCUT2D eigenvalue weighted by Crippen LogP contribution is -2.50. The Balaban J connectivity index is 1.79. The van der Waals surface area contributed by atoms with Crippen molar-refractivity contribution in [3.05, 3.63) is 46.8 Å². The van der Waals surface area contributed by atoms with Crippen LogP contribution >= 0.6 is 0 Å². The van der Waals surface area contributed by atoms with Crippen molar-refractivity contribution in [3.63, 3.8) is 0 Å². The van der Waals surface area contributed by atoms with E-state index >= 15 is 0 Å². The van der Waals surface area contributed by atoms with Crippen molar-refractivity contribution in [3.8, 4) is 0 Å². The monoisotopic (exact) mass is 458 g/mol. The molecule has 1 aromatic heterocycles. The summed E-state index contributed by atoms with van der Waals surface area (Å²) < 4.78 is 68.8. The molecule has 31 heavy (non-hydrogen) atoms. The lowest BCUT2D eigenvalue weighted by molar-refractivity contribution is -0.145. The van der Waals surface area contributed by atoms with Gasteiger partial charge in [0.05, 0.1) is 16.7 Å². The standard InChI is InChI=1S/C20H25F3N4O3S/c1-13(2)27-18(20(21,22)23)16(12-24-27)19(28)25-7-9-26(10-8-25)31(29,30)17-6-5-14(3)11-15(17)4/h5-6,11-13H,7-10H2,1-4H3. The Kier molecular flexibility index (Phi) is 6.21. The van der Waals surface area contributed by atoms with Crippen molar-refractivity contribution in [1.82, 2.24) is 19.0 Å². The van der Waals surface area contributed by atoms with Gasteiger partial charge in [0.15, 0.2) is 5.69 Å². The van der Waals surface area contributed by atoms with Gasteiger partial charge in [-0.3, -0.25) is 9.48 Å². The first-order valence-electron chi connectivity index (χ1n) is 9.85. The number of sulfonamides is 1. The summed E-state index contributed by atoms with van der Waals surface area (Å²) in [5.41, 5.74) is -0.0478. The number of carbonyl (C=O) groups is 1. The molecule has 0 atom stereocenters. The second kappa shape index (κ2) is 8.27. The first kappa shape index (κ1) is 23.3. The number of carbonyl (C=O) groups excluding carboxylic acids is 1. The molecule has 1 aliphatic heterocycles. The van der Waals surface area contributed by atoms with Gasteiger partial charge in [0.1, 0.15) is 0 Å². The maximum absolute atomic E-state index is 13.6. The van der Waals surface area contributed by atoms with Gasteiger partial charge in [-0.25, -0.2) is 8.42 Å². The largest absolute Gasteiger partial charge is 0.433 e. The van der Waals surface area contributed by atoms with E-state index in [0.717, 1.165) is 16.4 Å². The Morgan fingerprint density at radius 2 is 1.71 bits per heavy atom. The van der Waals surface area contributed by atoms with Crippen LogP contribution in [0, 0.1) is 13.8 Å². The lowest BCUT2D eigenvalue weighted by atomic mass is 10.2. The van der Waals surface area contributed by atoms with Gasteiger partial charge in [-0.15, -0.1) is 0 Å². The zero-order valence-corrected chi connectivity index (χ0v) is 18.6. The third kappa shape index (κ3) is 4.47. The van der Waals surface area contributed by atoms with Crippen molar-refractivity contribution >= 4 is 15.9 Å². The summed E-state index contributed by atoms with van der Waals surface area (Å²) in [4.78, 5) is 14.3. The molecule has 11 heteroatoms. The highest BCUT2D eigenvalue weighted by Crippen LogP contribution is 2.34. The van der Waals surface area contributed by atoms with Gasteiger partial charge in [-0.1, -0.05) is 17.7 Å². The molecule has 0 spiro atoms. The molecular weight excluding hydrogens is 433 g/mol. The summed E-state index contributed by atoms with van der Waals surface area (Å²) in [6, 6.07) is 4.47. The topological polar surface area (TPSA) is 75.5 Å². The maximum atomic E-state index is 13.6. The van der Waals surface area contributed by atoms with Crippen LogP contribution in [0.1, 0.15) is 47.1 Å². The predicted octanol–water partition coefficient (Wildman–Crippen LogP) is 3.25. The summed E-state index contributed by atoms with van der Waals surface area (Å²) in [5.74, 6) is -0.803.